The lowest BCUT2D eigenvalue weighted by Crippen LogP contribution is -2.37. The third kappa shape index (κ3) is 4.70. The van der Waals surface area contributed by atoms with Crippen LogP contribution in [0.3, 0.4) is 0 Å². The maximum atomic E-state index is 12.4. The molecule has 1 aliphatic carbocycles. The fraction of sp³-hybridized carbons (Fsp3) is 0.647. The number of aryl methyl sites for hydroxylation is 1. The number of nitrogens with one attached hydrogen (secondary N) is 1. The van der Waals surface area contributed by atoms with Crippen LogP contribution in [0.25, 0.3) is 0 Å². The van der Waals surface area contributed by atoms with Gasteiger partial charge in [0.25, 0.3) is 5.91 Å². The summed E-state index contributed by atoms with van der Waals surface area (Å²) in [6.07, 6.45) is 7.72. The van der Waals surface area contributed by atoms with Crippen LogP contribution < -0.4 is 5.32 Å². The van der Waals surface area contributed by atoms with Crippen molar-refractivity contribution in [3.63, 3.8) is 0 Å². The van der Waals surface area contributed by atoms with Crippen molar-refractivity contribution in [2.24, 2.45) is 5.92 Å². The van der Waals surface area contributed by atoms with Crippen molar-refractivity contribution < 1.29 is 4.79 Å². The van der Waals surface area contributed by atoms with E-state index >= 15 is 0 Å². The number of carbonyl (C=O) groups is 1. The van der Waals surface area contributed by atoms with Crippen molar-refractivity contribution in [1.29, 1.82) is 0 Å². The molecule has 0 unspecified atom stereocenters. The highest BCUT2D eigenvalue weighted by molar-refractivity contribution is 6.29. The van der Waals surface area contributed by atoms with Crippen LogP contribution in [0.15, 0.2) is 12.1 Å². The Bertz CT molecular complexity index is 482. The number of rotatable bonds is 5. The standard InChI is InChI=1S/C17H25ClN2O/c1-3-5-15-10-13(11-16(18)19-15)17(21)20-14-8-6-12(4-2)7-9-14/h10-12,14H,3-9H2,1-2H3,(H,20,21). The Morgan fingerprint density at radius 3 is 2.62 bits per heavy atom. The second-order valence-electron chi connectivity index (χ2n) is 6.02. The lowest BCUT2D eigenvalue weighted by atomic mass is 9.84. The van der Waals surface area contributed by atoms with Gasteiger partial charge < -0.3 is 5.32 Å². The average molecular weight is 309 g/mol. The highest BCUT2D eigenvalue weighted by atomic mass is 35.5. The molecule has 1 heterocycles. The van der Waals surface area contributed by atoms with Gasteiger partial charge in [0.05, 0.1) is 0 Å². The van der Waals surface area contributed by atoms with E-state index in [1.165, 1.54) is 19.3 Å². The van der Waals surface area contributed by atoms with Crippen molar-refractivity contribution in [3.8, 4) is 0 Å². The Kier molecular flexibility index (Phi) is 6.04. The van der Waals surface area contributed by atoms with Crippen LogP contribution in [0.2, 0.25) is 5.15 Å². The number of halogens is 1. The predicted octanol–water partition coefficient (Wildman–Crippen LogP) is 4.39. The van der Waals surface area contributed by atoms with Crippen LogP contribution in [-0.4, -0.2) is 16.9 Å². The predicted molar refractivity (Wildman–Crippen MR) is 86.7 cm³/mol. The minimum Gasteiger partial charge on any atom is -0.349 e. The molecule has 1 fully saturated rings. The molecule has 21 heavy (non-hydrogen) atoms. The lowest BCUT2D eigenvalue weighted by molar-refractivity contribution is 0.0921. The largest absolute Gasteiger partial charge is 0.349 e. The molecule has 1 N–H and O–H groups in total. The third-order valence-electron chi connectivity index (χ3n) is 4.37. The van der Waals surface area contributed by atoms with E-state index in [1.807, 2.05) is 6.07 Å². The summed E-state index contributed by atoms with van der Waals surface area (Å²) in [6.45, 7) is 4.34. The number of nitrogens with zero attached hydrogens (tertiary/aromatic N) is 1. The summed E-state index contributed by atoms with van der Waals surface area (Å²) >= 11 is 6.02. The molecule has 4 heteroatoms. The van der Waals surface area contributed by atoms with Crippen LogP contribution in [0, 0.1) is 5.92 Å². The SMILES string of the molecule is CCCc1cc(C(=O)NC2CCC(CC)CC2)cc(Cl)n1. The van der Waals surface area contributed by atoms with Gasteiger partial charge in [-0.1, -0.05) is 38.3 Å². The Morgan fingerprint density at radius 2 is 2.00 bits per heavy atom. The summed E-state index contributed by atoms with van der Waals surface area (Å²) in [7, 11) is 0. The van der Waals surface area contributed by atoms with Crippen molar-refractivity contribution >= 4 is 17.5 Å². The maximum absolute atomic E-state index is 12.4. The van der Waals surface area contributed by atoms with Gasteiger partial charge in [0.15, 0.2) is 0 Å². The van der Waals surface area contributed by atoms with E-state index in [1.54, 1.807) is 6.07 Å². The lowest BCUT2D eigenvalue weighted by Gasteiger charge is -2.28. The first kappa shape index (κ1) is 16.3. The van der Waals surface area contributed by atoms with E-state index in [4.69, 9.17) is 11.6 Å². The second-order valence-corrected chi connectivity index (χ2v) is 6.41. The van der Waals surface area contributed by atoms with Crippen molar-refractivity contribution in [1.82, 2.24) is 10.3 Å². The summed E-state index contributed by atoms with van der Waals surface area (Å²) in [4.78, 5) is 16.6. The Balaban J connectivity index is 1.97. The Labute approximate surface area is 132 Å². The fourth-order valence-electron chi connectivity index (χ4n) is 3.05. The summed E-state index contributed by atoms with van der Waals surface area (Å²) in [6, 6.07) is 3.83. The number of pyridine rings is 1. The zero-order valence-corrected chi connectivity index (χ0v) is 13.7. The van der Waals surface area contributed by atoms with Crippen LogP contribution in [0.4, 0.5) is 0 Å². The molecule has 1 amide bonds. The highest BCUT2D eigenvalue weighted by Gasteiger charge is 2.22. The first-order valence-corrected chi connectivity index (χ1v) is 8.47. The molecule has 1 aromatic heterocycles. The molecule has 0 saturated heterocycles. The van der Waals surface area contributed by atoms with Gasteiger partial charge in [0, 0.05) is 17.3 Å². The van der Waals surface area contributed by atoms with E-state index in [9.17, 15) is 4.79 Å². The minimum absolute atomic E-state index is 0.0170. The monoisotopic (exact) mass is 308 g/mol. The van der Waals surface area contributed by atoms with Gasteiger partial charge in [-0.05, 0) is 50.2 Å². The molecule has 1 saturated carbocycles. The summed E-state index contributed by atoms with van der Waals surface area (Å²) in [5, 5.41) is 3.55. The smallest absolute Gasteiger partial charge is 0.251 e. The van der Waals surface area contributed by atoms with Gasteiger partial charge in [-0.2, -0.15) is 0 Å². The Hall–Kier alpha value is -1.09. The average Bonchev–Trinajstić information content (AvgIpc) is 2.48. The molecular weight excluding hydrogens is 284 g/mol. The van der Waals surface area contributed by atoms with E-state index in [0.717, 1.165) is 37.3 Å². The van der Waals surface area contributed by atoms with E-state index < -0.39 is 0 Å². The van der Waals surface area contributed by atoms with E-state index in [2.05, 4.69) is 24.1 Å². The van der Waals surface area contributed by atoms with Gasteiger partial charge >= 0.3 is 0 Å². The van der Waals surface area contributed by atoms with Crippen molar-refractivity contribution in [3.05, 3.63) is 28.5 Å². The zero-order chi connectivity index (χ0) is 15.2. The summed E-state index contributed by atoms with van der Waals surface area (Å²) < 4.78 is 0. The number of hydrogen-bond acceptors (Lipinski definition) is 2. The molecule has 0 aliphatic heterocycles. The van der Waals surface area contributed by atoms with Crippen molar-refractivity contribution in [2.45, 2.75) is 64.8 Å². The van der Waals surface area contributed by atoms with Crippen LogP contribution >= 0.6 is 11.6 Å². The summed E-state index contributed by atoms with van der Waals surface area (Å²) in [5.74, 6) is 0.821. The molecule has 2 rings (SSSR count). The van der Waals surface area contributed by atoms with Gasteiger partial charge in [0.1, 0.15) is 5.15 Å². The summed E-state index contributed by atoms with van der Waals surface area (Å²) in [5.41, 5.74) is 1.53. The van der Waals surface area contributed by atoms with Gasteiger partial charge in [-0.15, -0.1) is 0 Å². The molecule has 1 aromatic rings. The first-order chi connectivity index (χ1) is 10.1. The second kappa shape index (κ2) is 7.79. The van der Waals surface area contributed by atoms with Crippen LogP contribution in [-0.2, 0) is 6.42 Å². The molecule has 0 bridgehead atoms. The molecule has 0 atom stereocenters. The van der Waals surface area contributed by atoms with E-state index in [-0.39, 0.29) is 5.91 Å². The topological polar surface area (TPSA) is 42.0 Å². The molecular formula is C17H25ClN2O. The number of aromatic nitrogens is 1. The minimum atomic E-state index is -0.0170. The van der Waals surface area contributed by atoms with Gasteiger partial charge in [-0.25, -0.2) is 4.98 Å². The third-order valence-corrected chi connectivity index (χ3v) is 4.57. The highest BCUT2D eigenvalue weighted by Crippen LogP contribution is 2.26. The molecule has 0 aromatic carbocycles. The quantitative estimate of drug-likeness (QED) is 0.820. The van der Waals surface area contributed by atoms with Crippen LogP contribution in [0.1, 0.15) is 68.4 Å². The van der Waals surface area contributed by atoms with Gasteiger partial charge in [-0.3, -0.25) is 4.79 Å². The molecule has 0 radical (unpaired) electrons. The number of carbonyl (C=O) groups excluding carboxylic acids is 1. The molecule has 1 aliphatic rings. The number of hydrogen-bond donors (Lipinski definition) is 1. The molecule has 3 nitrogen and oxygen atoms in total. The normalized spacial score (nSPS) is 22.0. The van der Waals surface area contributed by atoms with Crippen molar-refractivity contribution in [2.75, 3.05) is 0 Å². The molecule has 116 valence electrons. The zero-order valence-electron chi connectivity index (χ0n) is 13.0. The van der Waals surface area contributed by atoms with Crippen LogP contribution in [0.5, 0.6) is 0 Å². The fourth-order valence-corrected chi connectivity index (χ4v) is 3.28. The Morgan fingerprint density at radius 1 is 1.29 bits per heavy atom. The first-order valence-electron chi connectivity index (χ1n) is 8.09. The van der Waals surface area contributed by atoms with E-state index in [0.29, 0.717) is 16.8 Å². The molecule has 0 spiro atoms. The number of amides is 1. The van der Waals surface area contributed by atoms with Gasteiger partial charge in [0.2, 0.25) is 0 Å². The maximum Gasteiger partial charge on any atom is 0.251 e.